The van der Waals surface area contributed by atoms with Gasteiger partial charge < -0.3 is 21.5 Å². The molecule has 0 amide bonds. The number of Topliss-reactive ketones (excluding diaryl/α,β-unsaturated/α-hetero) is 1. The number of hydrogen-bond acceptors (Lipinski definition) is 5. The van der Waals surface area contributed by atoms with Gasteiger partial charge in [-0.15, -0.1) is 0 Å². The van der Waals surface area contributed by atoms with Crippen LogP contribution in [0.4, 0.5) is 0 Å². The number of cyclic esters (lactones) is 1. The van der Waals surface area contributed by atoms with Gasteiger partial charge in [-0.2, -0.15) is 0 Å². The molecule has 7 atom stereocenters. The van der Waals surface area contributed by atoms with Crippen molar-refractivity contribution < 1.29 is 82.7 Å². The molecule has 1 saturated heterocycles. The second-order valence-corrected chi connectivity index (χ2v) is 10.5. The van der Waals surface area contributed by atoms with Crippen LogP contribution in [0.15, 0.2) is 5.57 Å². The number of ether oxygens (including phenoxy) is 1. The zero-order chi connectivity index (χ0) is 22.1. The maximum absolute atomic E-state index is 13.0. The molecule has 1 heterocycles. The predicted octanol–water partition coefficient (Wildman–Crippen LogP) is 0.861. The fraction of sp³-hybridized carbons (Fsp3) is 0.833. The summed E-state index contributed by atoms with van der Waals surface area (Å²) in [4.78, 5) is 25.5. The Morgan fingerprint density at radius 3 is 2.33 bits per heavy atom. The minimum atomic E-state index is -1.19. The number of carbonyl (C=O) groups excluding carboxylic acids is 2. The molecule has 0 radical (unpaired) electrons. The molecule has 2 aliphatic rings. The molecule has 0 aromatic rings. The SMILES string of the molecule is [CH-]=C(C)[C@@H]1C[C@@H]2C[C@]2(C)CCC[C@H](C)[C@H](O)[C@@H](C)C(=O)C(C)(C)[C@@H](O)CC(=O)O1.[Rb+]. The van der Waals surface area contributed by atoms with Gasteiger partial charge in [-0.05, 0) is 42.9 Å². The zero-order valence-electron chi connectivity index (χ0n) is 19.9. The normalized spacial score (nSPS) is 40.5. The van der Waals surface area contributed by atoms with Crippen molar-refractivity contribution in [1.82, 2.24) is 0 Å². The maximum Gasteiger partial charge on any atom is 1.00 e. The molecule has 1 aliphatic heterocycles. The van der Waals surface area contributed by atoms with Crippen LogP contribution in [0.2, 0.25) is 0 Å². The van der Waals surface area contributed by atoms with Crippen LogP contribution in [0.1, 0.15) is 80.1 Å². The summed E-state index contributed by atoms with van der Waals surface area (Å²) < 4.78 is 5.60. The summed E-state index contributed by atoms with van der Waals surface area (Å²) in [7, 11) is 0. The monoisotopic (exact) mass is 492 g/mol. The second-order valence-electron chi connectivity index (χ2n) is 10.5. The number of hydrogen-bond donors (Lipinski definition) is 2. The fourth-order valence-electron chi connectivity index (χ4n) is 4.78. The molecule has 0 aromatic carbocycles. The second kappa shape index (κ2) is 11.2. The number of ketones is 1. The van der Waals surface area contributed by atoms with E-state index >= 15 is 0 Å². The van der Waals surface area contributed by atoms with Gasteiger partial charge in [0, 0.05) is 5.92 Å². The average Bonchev–Trinajstić information content (AvgIpc) is 3.27. The molecule has 1 aliphatic carbocycles. The quantitative estimate of drug-likeness (QED) is 0.419. The molecule has 0 aromatic heterocycles. The van der Waals surface area contributed by atoms with Gasteiger partial charge in [0.25, 0.3) is 0 Å². The van der Waals surface area contributed by atoms with Crippen molar-refractivity contribution in [2.24, 2.45) is 28.6 Å². The van der Waals surface area contributed by atoms with Crippen molar-refractivity contribution in [3.63, 3.8) is 0 Å². The van der Waals surface area contributed by atoms with E-state index in [4.69, 9.17) is 11.3 Å². The molecule has 166 valence electrons. The molecule has 30 heavy (non-hydrogen) atoms. The van der Waals surface area contributed by atoms with E-state index in [0.717, 1.165) is 25.7 Å². The van der Waals surface area contributed by atoms with Gasteiger partial charge >= 0.3 is 64.2 Å². The average molecular weight is 493 g/mol. The maximum atomic E-state index is 13.0. The summed E-state index contributed by atoms with van der Waals surface area (Å²) in [5.41, 5.74) is -0.392. The van der Waals surface area contributed by atoms with Crippen molar-refractivity contribution in [2.45, 2.75) is 98.4 Å². The minimum Gasteiger partial charge on any atom is -0.511 e. The van der Waals surface area contributed by atoms with Crippen molar-refractivity contribution in [2.75, 3.05) is 0 Å². The van der Waals surface area contributed by atoms with Crippen LogP contribution < -0.4 is 58.2 Å². The fourth-order valence-corrected chi connectivity index (χ4v) is 4.78. The number of carbonyl (C=O) groups is 2. The van der Waals surface area contributed by atoms with E-state index < -0.39 is 35.6 Å². The van der Waals surface area contributed by atoms with Crippen LogP contribution in [0.3, 0.4) is 0 Å². The molecule has 2 fully saturated rings. The Morgan fingerprint density at radius 1 is 1.17 bits per heavy atom. The third-order valence-corrected chi connectivity index (χ3v) is 7.56. The summed E-state index contributed by atoms with van der Waals surface area (Å²) in [5, 5.41) is 21.4. The third-order valence-electron chi connectivity index (χ3n) is 7.56. The van der Waals surface area contributed by atoms with Crippen LogP contribution in [-0.4, -0.2) is 40.3 Å². The summed E-state index contributed by atoms with van der Waals surface area (Å²) in [5.74, 6) is -0.960. The Labute approximate surface area is 231 Å². The Bertz CT molecular complexity index is 646. The number of rotatable bonds is 1. The summed E-state index contributed by atoms with van der Waals surface area (Å²) in [6.07, 6.45) is 1.95. The molecule has 0 unspecified atom stereocenters. The van der Waals surface area contributed by atoms with Gasteiger partial charge in [-0.3, -0.25) is 9.59 Å². The van der Waals surface area contributed by atoms with E-state index in [9.17, 15) is 19.8 Å². The predicted molar refractivity (Wildman–Crippen MR) is 112 cm³/mol. The Kier molecular flexibility index (Phi) is 10.6. The Morgan fingerprint density at radius 2 is 1.77 bits per heavy atom. The summed E-state index contributed by atoms with van der Waals surface area (Å²) in [6, 6.07) is 0. The van der Waals surface area contributed by atoms with Crippen LogP contribution in [-0.2, 0) is 14.3 Å². The number of aliphatic hydroxyl groups excluding tert-OH is 2. The first-order chi connectivity index (χ1) is 13.3. The van der Waals surface area contributed by atoms with Gasteiger partial charge in [-0.1, -0.05) is 48.0 Å². The van der Waals surface area contributed by atoms with E-state index in [1.165, 1.54) is 0 Å². The smallest absolute Gasteiger partial charge is 0.511 e. The van der Waals surface area contributed by atoms with E-state index in [0.29, 0.717) is 17.9 Å². The van der Waals surface area contributed by atoms with Gasteiger partial charge in [0.05, 0.1) is 30.1 Å². The molecule has 0 bridgehead atoms. The number of fused-ring (bicyclic) bond motifs is 1. The Hall–Kier alpha value is 0.605. The summed E-state index contributed by atoms with van der Waals surface area (Å²) >= 11 is 0. The van der Waals surface area contributed by atoms with Gasteiger partial charge in [0.2, 0.25) is 0 Å². The van der Waals surface area contributed by atoms with E-state index in [1.54, 1.807) is 27.7 Å². The first-order valence-electron chi connectivity index (χ1n) is 11.0. The summed E-state index contributed by atoms with van der Waals surface area (Å²) in [6.45, 7) is 16.9. The van der Waals surface area contributed by atoms with Crippen LogP contribution in [0.5, 0.6) is 0 Å². The van der Waals surface area contributed by atoms with E-state index in [2.05, 4.69) is 6.92 Å². The molecular weight excluding hydrogens is 454 g/mol. The molecule has 0 spiro atoms. The topological polar surface area (TPSA) is 83.8 Å². The molecule has 2 rings (SSSR count). The molecule has 2 N–H and O–H groups in total. The van der Waals surface area contributed by atoms with Crippen molar-refractivity contribution >= 4 is 11.8 Å². The first-order valence-corrected chi connectivity index (χ1v) is 11.0. The van der Waals surface area contributed by atoms with Gasteiger partial charge in [0.15, 0.2) is 0 Å². The van der Waals surface area contributed by atoms with Crippen LogP contribution >= 0.6 is 0 Å². The minimum absolute atomic E-state index is 0. The largest absolute Gasteiger partial charge is 1.00 e. The van der Waals surface area contributed by atoms with Crippen molar-refractivity contribution in [1.29, 1.82) is 0 Å². The standard InChI is InChI=1S/C24H39O5.Rb/c1-14(2)18-11-17-13-24(17,7)10-8-9-15(3)21(27)16(4)22(28)23(5,6)19(25)12-20(26)29-18;/h1,15-19,21,25,27H,8-13H2,2-7H3;/q-1;+1/t15-,16+,17+,18-,19-,21-,24-;/m0./s1. The van der Waals surface area contributed by atoms with Crippen LogP contribution in [0, 0.1) is 35.2 Å². The molecule has 6 heteroatoms. The Balaban J connectivity index is 0.00000450. The number of esters is 1. The number of aliphatic hydroxyl groups is 2. The van der Waals surface area contributed by atoms with Crippen LogP contribution in [0.25, 0.3) is 0 Å². The molecule has 5 nitrogen and oxygen atoms in total. The van der Waals surface area contributed by atoms with Crippen molar-refractivity contribution in [3.05, 3.63) is 12.2 Å². The third kappa shape index (κ3) is 6.80. The van der Waals surface area contributed by atoms with Gasteiger partial charge in [-0.25, -0.2) is 5.57 Å². The zero-order valence-corrected chi connectivity index (χ0v) is 24.8. The van der Waals surface area contributed by atoms with E-state index in [1.807, 2.05) is 6.92 Å². The van der Waals surface area contributed by atoms with Crippen molar-refractivity contribution in [3.8, 4) is 0 Å². The van der Waals surface area contributed by atoms with Gasteiger partial charge in [0.1, 0.15) is 5.78 Å². The first kappa shape index (κ1) is 28.6. The molecule has 1 saturated carbocycles. The molecular formula is C24H39O5Rb. The van der Waals surface area contributed by atoms with E-state index in [-0.39, 0.29) is 81.7 Å².